The molecule has 0 saturated heterocycles. The molecule has 9 heteroatoms. The van der Waals surface area contributed by atoms with E-state index in [1.54, 1.807) is 32.4 Å². The molecule has 4 aromatic rings. The highest BCUT2D eigenvalue weighted by molar-refractivity contribution is 5.92. The highest BCUT2D eigenvalue weighted by Crippen LogP contribution is 2.36. The fourth-order valence-corrected chi connectivity index (χ4v) is 4.43. The summed E-state index contributed by atoms with van der Waals surface area (Å²) < 4.78 is 50.5. The SMILES string of the molecule is COc1cc2nc(N3CCc4ccccc4C3)nc(NCc3cccc(C(F)(F)F)c3)c2cc1OC. The normalized spacial score (nSPS) is 13.4. The molecular weight excluding hydrogens is 469 g/mol. The Hall–Kier alpha value is -4.01. The van der Waals surface area contributed by atoms with Crippen LogP contribution < -0.4 is 19.7 Å². The van der Waals surface area contributed by atoms with Gasteiger partial charge in [-0.05, 0) is 41.3 Å². The number of aromatic nitrogens is 2. The molecule has 1 aromatic heterocycles. The van der Waals surface area contributed by atoms with E-state index in [1.807, 2.05) is 12.1 Å². The van der Waals surface area contributed by atoms with Crippen molar-refractivity contribution in [3.05, 3.63) is 82.9 Å². The zero-order valence-corrected chi connectivity index (χ0v) is 19.9. The number of nitrogens with zero attached hydrogens (tertiary/aromatic N) is 3. The zero-order chi connectivity index (χ0) is 25.3. The van der Waals surface area contributed by atoms with Gasteiger partial charge >= 0.3 is 6.18 Å². The van der Waals surface area contributed by atoms with Gasteiger partial charge in [0.2, 0.25) is 5.95 Å². The summed E-state index contributed by atoms with van der Waals surface area (Å²) in [5, 5.41) is 3.91. The van der Waals surface area contributed by atoms with Crippen molar-refractivity contribution in [1.29, 1.82) is 0 Å². The molecule has 36 heavy (non-hydrogen) atoms. The van der Waals surface area contributed by atoms with Gasteiger partial charge in [-0.25, -0.2) is 4.98 Å². The molecule has 0 saturated carbocycles. The van der Waals surface area contributed by atoms with Crippen molar-refractivity contribution in [3.63, 3.8) is 0 Å². The molecule has 5 rings (SSSR count). The van der Waals surface area contributed by atoms with E-state index in [2.05, 4.69) is 22.3 Å². The largest absolute Gasteiger partial charge is 0.493 e. The van der Waals surface area contributed by atoms with E-state index in [4.69, 9.17) is 19.4 Å². The van der Waals surface area contributed by atoms with E-state index in [1.165, 1.54) is 17.2 Å². The number of alkyl halides is 3. The van der Waals surface area contributed by atoms with Crippen LogP contribution in [0.1, 0.15) is 22.3 Å². The summed E-state index contributed by atoms with van der Waals surface area (Å²) in [6.07, 6.45) is -3.53. The molecule has 1 aliphatic heterocycles. The molecule has 0 bridgehead atoms. The van der Waals surface area contributed by atoms with Crippen LogP contribution in [0, 0.1) is 0 Å². The predicted octanol–water partition coefficient (Wildman–Crippen LogP) is 5.84. The second-order valence-electron chi connectivity index (χ2n) is 8.59. The van der Waals surface area contributed by atoms with Crippen LogP contribution >= 0.6 is 0 Å². The lowest BCUT2D eigenvalue weighted by atomic mass is 10.0. The maximum atomic E-state index is 13.2. The Morgan fingerprint density at radius 2 is 1.67 bits per heavy atom. The molecule has 2 heterocycles. The number of halogens is 3. The molecule has 0 aliphatic carbocycles. The molecule has 0 atom stereocenters. The highest BCUT2D eigenvalue weighted by atomic mass is 19.4. The number of hydrogen-bond acceptors (Lipinski definition) is 6. The Bertz CT molecular complexity index is 1410. The second-order valence-corrected chi connectivity index (χ2v) is 8.59. The molecule has 1 aliphatic rings. The molecule has 1 N–H and O–H groups in total. The fourth-order valence-electron chi connectivity index (χ4n) is 4.43. The van der Waals surface area contributed by atoms with Gasteiger partial charge in [-0.3, -0.25) is 0 Å². The van der Waals surface area contributed by atoms with E-state index in [-0.39, 0.29) is 6.54 Å². The molecule has 0 fully saturated rings. The van der Waals surface area contributed by atoms with Gasteiger partial charge in [0, 0.05) is 31.1 Å². The average Bonchev–Trinajstić information content (AvgIpc) is 2.90. The Morgan fingerprint density at radius 1 is 0.917 bits per heavy atom. The summed E-state index contributed by atoms with van der Waals surface area (Å²) in [5.41, 5.74) is 2.98. The molecule has 0 spiro atoms. The van der Waals surface area contributed by atoms with Crippen molar-refractivity contribution in [2.45, 2.75) is 25.7 Å². The van der Waals surface area contributed by atoms with E-state index in [9.17, 15) is 13.2 Å². The quantitative estimate of drug-likeness (QED) is 0.363. The molecular formula is C27H25F3N4O2. The van der Waals surface area contributed by atoms with Crippen LogP contribution in [0.5, 0.6) is 11.5 Å². The smallest absolute Gasteiger partial charge is 0.416 e. The number of anilines is 2. The van der Waals surface area contributed by atoms with E-state index in [0.717, 1.165) is 25.1 Å². The number of benzene rings is 3. The topological polar surface area (TPSA) is 59.5 Å². The van der Waals surface area contributed by atoms with Crippen LogP contribution in [-0.2, 0) is 25.7 Å². The van der Waals surface area contributed by atoms with Crippen LogP contribution in [0.15, 0.2) is 60.7 Å². The van der Waals surface area contributed by atoms with Crippen molar-refractivity contribution < 1.29 is 22.6 Å². The first-order chi connectivity index (χ1) is 17.4. The van der Waals surface area contributed by atoms with Gasteiger partial charge in [0.15, 0.2) is 11.5 Å². The minimum Gasteiger partial charge on any atom is -0.493 e. The average molecular weight is 495 g/mol. The van der Waals surface area contributed by atoms with E-state index >= 15 is 0 Å². The predicted molar refractivity (Wildman–Crippen MR) is 133 cm³/mol. The summed E-state index contributed by atoms with van der Waals surface area (Å²) in [6, 6.07) is 17.1. The standard InChI is InChI=1S/C27H25F3N4O2/c1-35-23-13-21-22(14-24(23)36-2)32-26(34-11-10-18-7-3-4-8-19(18)16-34)33-25(21)31-15-17-6-5-9-20(12-17)27(28,29)30/h3-9,12-14H,10-11,15-16H2,1-2H3,(H,31,32,33). The zero-order valence-electron chi connectivity index (χ0n) is 19.9. The van der Waals surface area contributed by atoms with Crippen molar-refractivity contribution in [1.82, 2.24) is 9.97 Å². The van der Waals surface area contributed by atoms with Gasteiger partial charge in [-0.2, -0.15) is 18.2 Å². The third-order valence-corrected chi connectivity index (χ3v) is 6.32. The van der Waals surface area contributed by atoms with Crippen LogP contribution in [-0.4, -0.2) is 30.7 Å². The minimum atomic E-state index is -4.40. The number of methoxy groups -OCH3 is 2. The van der Waals surface area contributed by atoms with Gasteiger partial charge in [0.05, 0.1) is 25.3 Å². The van der Waals surface area contributed by atoms with Crippen molar-refractivity contribution in [2.75, 3.05) is 31.0 Å². The minimum absolute atomic E-state index is 0.159. The summed E-state index contributed by atoms with van der Waals surface area (Å²) >= 11 is 0. The van der Waals surface area contributed by atoms with Crippen LogP contribution in [0.3, 0.4) is 0 Å². The molecule has 0 amide bonds. The van der Waals surface area contributed by atoms with Crippen molar-refractivity contribution in [2.24, 2.45) is 0 Å². The number of hydrogen-bond donors (Lipinski definition) is 1. The van der Waals surface area contributed by atoms with Gasteiger partial charge in [-0.15, -0.1) is 0 Å². The third-order valence-electron chi connectivity index (χ3n) is 6.32. The van der Waals surface area contributed by atoms with Crippen LogP contribution in [0.25, 0.3) is 10.9 Å². The number of nitrogens with one attached hydrogen (secondary N) is 1. The first-order valence-electron chi connectivity index (χ1n) is 11.5. The molecule has 0 radical (unpaired) electrons. The third kappa shape index (κ3) is 4.73. The molecule has 0 unspecified atom stereocenters. The lowest BCUT2D eigenvalue weighted by molar-refractivity contribution is -0.137. The first kappa shape index (κ1) is 23.7. The molecule has 6 nitrogen and oxygen atoms in total. The Morgan fingerprint density at radius 3 is 2.42 bits per heavy atom. The summed E-state index contributed by atoms with van der Waals surface area (Å²) in [6.45, 7) is 1.58. The van der Waals surface area contributed by atoms with Crippen LogP contribution in [0.4, 0.5) is 24.9 Å². The Balaban J connectivity index is 1.53. The van der Waals surface area contributed by atoms with Gasteiger partial charge in [-0.1, -0.05) is 36.4 Å². The maximum Gasteiger partial charge on any atom is 0.416 e. The summed E-state index contributed by atoms with van der Waals surface area (Å²) in [5.74, 6) is 2.08. The number of fused-ring (bicyclic) bond motifs is 2. The van der Waals surface area contributed by atoms with Gasteiger partial charge in [0.1, 0.15) is 5.82 Å². The van der Waals surface area contributed by atoms with Gasteiger partial charge in [0.25, 0.3) is 0 Å². The van der Waals surface area contributed by atoms with E-state index in [0.29, 0.717) is 46.3 Å². The Kier molecular flexibility index (Phi) is 6.30. The first-order valence-corrected chi connectivity index (χ1v) is 11.5. The molecule has 3 aromatic carbocycles. The number of rotatable bonds is 6. The highest BCUT2D eigenvalue weighted by Gasteiger charge is 2.30. The Labute approximate surface area is 206 Å². The summed E-state index contributed by atoms with van der Waals surface area (Å²) in [7, 11) is 3.10. The maximum absolute atomic E-state index is 13.2. The van der Waals surface area contributed by atoms with Gasteiger partial charge < -0.3 is 19.7 Å². The lowest BCUT2D eigenvalue weighted by Gasteiger charge is -2.29. The second kappa shape index (κ2) is 9.56. The van der Waals surface area contributed by atoms with Crippen LogP contribution in [0.2, 0.25) is 0 Å². The lowest BCUT2D eigenvalue weighted by Crippen LogP contribution is -2.31. The van der Waals surface area contributed by atoms with Crippen molar-refractivity contribution in [3.8, 4) is 11.5 Å². The number of ether oxygens (including phenoxy) is 2. The molecule has 186 valence electrons. The fraction of sp³-hybridized carbons (Fsp3) is 0.259. The van der Waals surface area contributed by atoms with E-state index < -0.39 is 11.7 Å². The van der Waals surface area contributed by atoms with Crippen molar-refractivity contribution >= 4 is 22.7 Å². The summed E-state index contributed by atoms with van der Waals surface area (Å²) in [4.78, 5) is 11.7. The monoisotopic (exact) mass is 494 g/mol.